The molecule has 0 atom stereocenters. The van der Waals surface area contributed by atoms with Gasteiger partial charge in [0.15, 0.2) is 11.6 Å². The van der Waals surface area contributed by atoms with Gasteiger partial charge in [0.25, 0.3) is 0 Å². The van der Waals surface area contributed by atoms with Crippen LogP contribution in [-0.2, 0) is 0 Å². The standard InChI is InChI=1S/C13H21N7/c1-8-6-9(2)20(18-8)12-10(14)11(15-7-16-12)17-19-13(3,4)5/h6-7,19H,14H2,1-5H3,(H,15,16,17). The Morgan fingerprint density at radius 3 is 2.45 bits per heavy atom. The number of nitrogen functional groups attached to an aromatic ring is 1. The Kier molecular flexibility index (Phi) is 3.63. The van der Waals surface area contributed by atoms with Crippen LogP contribution in [0.25, 0.3) is 5.82 Å². The number of aromatic nitrogens is 4. The molecule has 7 nitrogen and oxygen atoms in total. The third-order valence-corrected chi connectivity index (χ3v) is 2.63. The predicted octanol–water partition coefficient (Wildman–Crippen LogP) is 1.58. The van der Waals surface area contributed by atoms with E-state index in [-0.39, 0.29) is 5.54 Å². The maximum Gasteiger partial charge on any atom is 0.182 e. The second kappa shape index (κ2) is 5.09. The molecule has 0 amide bonds. The smallest absolute Gasteiger partial charge is 0.182 e. The minimum Gasteiger partial charge on any atom is -0.393 e. The van der Waals surface area contributed by atoms with E-state index in [0.717, 1.165) is 11.4 Å². The van der Waals surface area contributed by atoms with Gasteiger partial charge in [0, 0.05) is 11.2 Å². The van der Waals surface area contributed by atoms with Gasteiger partial charge in [-0.1, -0.05) is 0 Å². The Hall–Kier alpha value is -2.15. The zero-order chi connectivity index (χ0) is 14.9. The van der Waals surface area contributed by atoms with E-state index in [0.29, 0.717) is 17.3 Å². The van der Waals surface area contributed by atoms with Crippen LogP contribution in [-0.4, -0.2) is 25.3 Å². The molecular formula is C13H21N7. The van der Waals surface area contributed by atoms with Crippen molar-refractivity contribution in [3.05, 3.63) is 23.8 Å². The van der Waals surface area contributed by atoms with Gasteiger partial charge in [-0.2, -0.15) is 5.10 Å². The summed E-state index contributed by atoms with van der Waals surface area (Å²) in [5.74, 6) is 1.11. The number of hydrazine groups is 1. The lowest BCUT2D eigenvalue weighted by Crippen LogP contribution is -2.40. The highest BCUT2D eigenvalue weighted by atomic mass is 15.4. The molecule has 2 rings (SSSR count). The Bertz CT molecular complexity index is 610. The Balaban J connectivity index is 2.35. The summed E-state index contributed by atoms with van der Waals surface area (Å²) in [5, 5.41) is 4.39. The molecule has 0 aliphatic carbocycles. The highest BCUT2D eigenvalue weighted by molar-refractivity contribution is 5.68. The molecule has 0 aromatic carbocycles. The molecule has 2 heterocycles. The van der Waals surface area contributed by atoms with Crippen LogP contribution in [0.5, 0.6) is 0 Å². The first-order chi connectivity index (χ1) is 9.28. The molecule has 0 fully saturated rings. The summed E-state index contributed by atoms with van der Waals surface area (Å²) in [7, 11) is 0. The van der Waals surface area contributed by atoms with Crippen LogP contribution in [0.3, 0.4) is 0 Å². The van der Waals surface area contributed by atoms with E-state index in [2.05, 4.69) is 25.9 Å². The molecule has 108 valence electrons. The van der Waals surface area contributed by atoms with Crippen molar-refractivity contribution in [2.24, 2.45) is 0 Å². The molecule has 0 bridgehead atoms. The molecular weight excluding hydrogens is 254 g/mol. The first-order valence-corrected chi connectivity index (χ1v) is 6.45. The number of anilines is 2. The van der Waals surface area contributed by atoms with E-state index in [1.165, 1.54) is 6.33 Å². The average molecular weight is 275 g/mol. The van der Waals surface area contributed by atoms with Gasteiger partial charge >= 0.3 is 0 Å². The summed E-state index contributed by atoms with van der Waals surface area (Å²) in [5.41, 5.74) is 14.5. The van der Waals surface area contributed by atoms with Gasteiger partial charge in [-0.15, -0.1) is 0 Å². The summed E-state index contributed by atoms with van der Waals surface area (Å²) < 4.78 is 1.72. The van der Waals surface area contributed by atoms with Gasteiger partial charge in [0.1, 0.15) is 12.0 Å². The average Bonchev–Trinajstić information content (AvgIpc) is 2.66. The lowest BCUT2D eigenvalue weighted by molar-refractivity contribution is 0.464. The number of nitrogens with zero attached hydrogens (tertiary/aromatic N) is 4. The van der Waals surface area contributed by atoms with E-state index in [1.54, 1.807) is 4.68 Å². The van der Waals surface area contributed by atoms with E-state index < -0.39 is 0 Å². The van der Waals surface area contributed by atoms with Crippen LogP contribution < -0.4 is 16.6 Å². The number of nitrogens with one attached hydrogen (secondary N) is 2. The van der Waals surface area contributed by atoms with E-state index in [4.69, 9.17) is 5.73 Å². The van der Waals surface area contributed by atoms with Crippen molar-refractivity contribution in [3.8, 4) is 5.82 Å². The van der Waals surface area contributed by atoms with Gasteiger partial charge in [-0.25, -0.2) is 20.1 Å². The second-order valence-corrected chi connectivity index (χ2v) is 5.80. The molecule has 7 heteroatoms. The first kappa shape index (κ1) is 14.3. The zero-order valence-electron chi connectivity index (χ0n) is 12.5. The molecule has 4 N–H and O–H groups in total. The lowest BCUT2D eigenvalue weighted by Gasteiger charge is -2.22. The molecule has 0 unspecified atom stereocenters. The molecule has 20 heavy (non-hydrogen) atoms. The normalized spacial score (nSPS) is 11.7. The van der Waals surface area contributed by atoms with Gasteiger partial charge in [-0.05, 0) is 40.7 Å². The molecule has 0 spiro atoms. The van der Waals surface area contributed by atoms with Gasteiger partial charge in [0.05, 0.1) is 5.69 Å². The van der Waals surface area contributed by atoms with E-state index >= 15 is 0 Å². The van der Waals surface area contributed by atoms with Crippen LogP contribution in [0.1, 0.15) is 32.2 Å². The number of nitrogens with two attached hydrogens (primary N) is 1. The van der Waals surface area contributed by atoms with Crippen molar-refractivity contribution in [2.45, 2.75) is 40.2 Å². The third kappa shape index (κ3) is 3.05. The Labute approximate surface area is 118 Å². The van der Waals surface area contributed by atoms with E-state index in [9.17, 15) is 0 Å². The molecule has 0 aliphatic rings. The number of rotatable bonds is 3. The number of hydrogen-bond acceptors (Lipinski definition) is 6. The topological polar surface area (TPSA) is 93.7 Å². The van der Waals surface area contributed by atoms with Gasteiger partial charge < -0.3 is 11.2 Å². The van der Waals surface area contributed by atoms with Crippen LogP contribution in [0, 0.1) is 13.8 Å². The largest absolute Gasteiger partial charge is 0.393 e. The number of aryl methyl sites for hydroxylation is 2. The Morgan fingerprint density at radius 1 is 1.20 bits per heavy atom. The highest BCUT2D eigenvalue weighted by Gasteiger charge is 2.15. The zero-order valence-corrected chi connectivity index (χ0v) is 12.5. The monoisotopic (exact) mass is 275 g/mol. The van der Waals surface area contributed by atoms with Crippen molar-refractivity contribution in [1.29, 1.82) is 0 Å². The fourth-order valence-corrected chi connectivity index (χ4v) is 1.74. The molecule has 2 aromatic rings. The fourth-order valence-electron chi connectivity index (χ4n) is 1.74. The maximum absolute atomic E-state index is 6.13. The summed E-state index contributed by atoms with van der Waals surface area (Å²) in [4.78, 5) is 8.38. The van der Waals surface area contributed by atoms with E-state index in [1.807, 2.05) is 40.7 Å². The SMILES string of the molecule is Cc1cc(C)n(-c2ncnc(NNC(C)(C)C)c2N)n1. The summed E-state index contributed by atoms with van der Waals surface area (Å²) >= 11 is 0. The molecule has 0 saturated heterocycles. The first-order valence-electron chi connectivity index (χ1n) is 6.45. The highest BCUT2D eigenvalue weighted by Crippen LogP contribution is 2.22. The van der Waals surface area contributed by atoms with Crippen molar-refractivity contribution in [1.82, 2.24) is 25.2 Å². The van der Waals surface area contributed by atoms with Crippen LogP contribution in [0.2, 0.25) is 0 Å². The number of hydrogen-bond donors (Lipinski definition) is 3. The maximum atomic E-state index is 6.13. The van der Waals surface area contributed by atoms with Crippen molar-refractivity contribution < 1.29 is 0 Å². The Morgan fingerprint density at radius 2 is 1.90 bits per heavy atom. The van der Waals surface area contributed by atoms with Crippen molar-refractivity contribution in [2.75, 3.05) is 11.2 Å². The van der Waals surface area contributed by atoms with Crippen molar-refractivity contribution in [3.63, 3.8) is 0 Å². The second-order valence-electron chi connectivity index (χ2n) is 5.80. The van der Waals surface area contributed by atoms with Gasteiger partial charge in [-0.3, -0.25) is 0 Å². The minimum absolute atomic E-state index is 0.101. The van der Waals surface area contributed by atoms with Crippen LogP contribution in [0.15, 0.2) is 12.4 Å². The summed E-state index contributed by atoms with van der Waals surface area (Å²) in [6.07, 6.45) is 1.47. The lowest BCUT2D eigenvalue weighted by atomic mass is 10.1. The molecule has 2 aromatic heterocycles. The predicted molar refractivity (Wildman–Crippen MR) is 79.6 cm³/mol. The quantitative estimate of drug-likeness (QED) is 0.736. The minimum atomic E-state index is -0.101. The summed E-state index contributed by atoms with van der Waals surface area (Å²) in [6, 6.07) is 1.97. The van der Waals surface area contributed by atoms with Gasteiger partial charge in [0.2, 0.25) is 0 Å². The molecule has 0 saturated carbocycles. The fraction of sp³-hybridized carbons (Fsp3) is 0.462. The van der Waals surface area contributed by atoms with Crippen LogP contribution in [0.4, 0.5) is 11.5 Å². The van der Waals surface area contributed by atoms with Crippen LogP contribution >= 0.6 is 0 Å². The van der Waals surface area contributed by atoms with Crippen molar-refractivity contribution >= 4 is 11.5 Å². The molecule has 0 radical (unpaired) electrons. The summed E-state index contributed by atoms with van der Waals surface area (Å²) in [6.45, 7) is 10.0. The third-order valence-electron chi connectivity index (χ3n) is 2.63. The molecule has 0 aliphatic heterocycles.